The van der Waals surface area contributed by atoms with Gasteiger partial charge in [0.25, 0.3) is 0 Å². The average Bonchev–Trinajstić information content (AvgIpc) is 2.36. The zero-order chi connectivity index (χ0) is 8.27. The Balaban J connectivity index is 2.77. The van der Waals surface area contributed by atoms with E-state index in [0.29, 0.717) is 6.42 Å². The van der Waals surface area contributed by atoms with Gasteiger partial charge in [0.2, 0.25) is 0 Å². The molecule has 0 bridgehead atoms. The molecule has 0 amide bonds. The first kappa shape index (κ1) is 8.61. The standard InChI is InChI=1S/C8H8ClNS/c1-2-3-7(10)8-6(9)4-5-11-8/h1,4-5,7H,3,10H2. The van der Waals surface area contributed by atoms with Crippen molar-refractivity contribution in [3.63, 3.8) is 0 Å². The molecule has 1 heterocycles. The molecule has 11 heavy (non-hydrogen) atoms. The fraction of sp³-hybridized carbons (Fsp3) is 0.250. The number of rotatable bonds is 2. The van der Waals surface area contributed by atoms with Crippen LogP contribution in [-0.4, -0.2) is 0 Å². The van der Waals surface area contributed by atoms with Gasteiger partial charge in [-0.3, -0.25) is 0 Å². The van der Waals surface area contributed by atoms with E-state index in [1.54, 1.807) is 11.3 Å². The maximum atomic E-state index is 5.83. The van der Waals surface area contributed by atoms with Gasteiger partial charge in [0.1, 0.15) is 0 Å². The minimum atomic E-state index is -0.104. The van der Waals surface area contributed by atoms with Crippen LogP contribution in [-0.2, 0) is 0 Å². The highest BCUT2D eigenvalue weighted by Crippen LogP contribution is 2.28. The number of halogens is 1. The van der Waals surface area contributed by atoms with Gasteiger partial charge in [0.05, 0.1) is 11.1 Å². The Labute approximate surface area is 75.2 Å². The van der Waals surface area contributed by atoms with E-state index in [4.69, 9.17) is 23.8 Å². The highest BCUT2D eigenvalue weighted by Gasteiger charge is 2.09. The van der Waals surface area contributed by atoms with Crippen LogP contribution >= 0.6 is 22.9 Å². The minimum Gasteiger partial charge on any atom is -0.322 e. The molecule has 2 N–H and O–H groups in total. The van der Waals surface area contributed by atoms with E-state index in [9.17, 15) is 0 Å². The van der Waals surface area contributed by atoms with Gasteiger partial charge in [-0.25, -0.2) is 0 Å². The Morgan fingerprint density at radius 1 is 1.82 bits per heavy atom. The van der Waals surface area contributed by atoms with Gasteiger partial charge >= 0.3 is 0 Å². The molecule has 0 aliphatic rings. The van der Waals surface area contributed by atoms with E-state index < -0.39 is 0 Å². The molecule has 0 saturated carbocycles. The summed E-state index contributed by atoms with van der Waals surface area (Å²) < 4.78 is 0. The quantitative estimate of drug-likeness (QED) is 0.704. The lowest BCUT2D eigenvalue weighted by atomic mass is 10.2. The maximum absolute atomic E-state index is 5.83. The van der Waals surface area contributed by atoms with Gasteiger partial charge in [-0.15, -0.1) is 23.7 Å². The molecular formula is C8H8ClNS. The summed E-state index contributed by atoms with van der Waals surface area (Å²) in [5.74, 6) is 2.51. The second-order valence-corrected chi connectivity index (χ2v) is 3.50. The van der Waals surface area contributed by atoms with Crippen molar-refractivity contribution in [2.24, 2.45) is 5.73 Å². The Bertz CT molecular complexity index is 274. The Kier molecular flexibility index (Phi) is 2.95. The van der Waals surface area contributed by atoms with Crippen molar-refractivity contribution < 1.29 is 0 Å². The first-order valence-electron chi connectivity index (χ1n) is 3.17. The normalized spacial score (nSPS) is 12.5. The molecule has 0 radical (unpaired) electrons. The van der Waals surface area contributed by atoms with Crippen molar-refractivity contribution >= 4 is 22.9 Å². The summed E-state index contributed by atoms with van der Waals surface area (Å²) in [7, 11) is 0. The number of thiophene rings is 1. The molecule has 0 aromatic carbocycles. The zero-order valence-electron chi connectivity index (χ0n) is 5.88. The van der Waals surface area contributed by atoms with Crippen LogP contribution in [0.2, 0.25) is 5.02 Å². The van der Waals surface area contributed by atoms with Crippen molar-refractivity contribution in [1.29, 1.82) is 0 Å². The maximum Gasteiger partial charge on any atom is 0.0561 e. The van der Waals surface area contributed by atoms with E-state index >= 15 is 0 Å². The molecule has 1 nitrogen and oxygen atoms in total. The van der Waals surface area contributed by atoms with Gasteiger partial charge < -0.3 is 5.73 Å². The minimum absolute atomic E-state index is 0.104. The lowest BCUT2D eigenvalue weighted by Crippen LogP contribution is -2.07. The highest BCUT2D eigenvalue weighted by atomic mass is 35.5. The van der Waals surface area contributed by atoms with E-state index in [1.807, 2.05) is 11.4 Å². The predicted octanol–water partition coefficient (Wildman–Crippen LogP) is 2.42. The molecule has 1 rings (SSSR count). The summed E-state index contributed by atoms with van der Waals surface area (Å²) in [5.41, 5.74) is 5.73. The summed E-state index contributed by atoms with van der Waals surface area (Å²) in [6.45, 7) is 0. The fourth-order valence-corrected chi connectivity index (χ4v) is 1.99. The molecule has 0 saturated heterocycles. The van der Waals surface area contributed by atoms with Crippen molar-refractivity contribution in [3.8, 4) is 12.3 Å². The third kappa shape index (κ3) is 1.97. The van der Waals surface area contributed by atoms with Gasteiger partial charge in [-0.2, -0.15) is 0 Å². The number of nitrogens with two attached hydrogens (primary N) is 1. The molecule has 58 valence electrons. The van der Waals surface area contributed by atoms with Crippen LogP contribution in [0.1, 0.15) is 17.3 Å². The average molecular weight is 186 g/mol. The first-order valence-corrected chi connectivity index (χ1v) is 4.43. The van der Waals surface area contributed by atoms with Crippen molar-refractivity contribution in [3.05, 3.63) is 21.3 Å². The molecule has 3 heteroatoms. The lowest BCUT2D eigenvalue weighted by molar-refractivity contribution is 0.771. The van der Waals surface area contributed by atoms with Gasteiger partial charge in [0, 0.05) is 11.3 Å². The molecule has 0 spiro atoms. The lowest BCUT2D eigenvalue weighted by Gasteiger charge is -2.04. The summed E-state index contributed by atoms with van der Waals surface area (Å²) in [6.07, 6.45) is 5.66. The Hall–Kier alpha value is -0.490. The van der Waals surface area contributed by atoms with Crippen LogP contribution in [0.3, 0.4) is 0 Å². The van der Waals surface area contributed by atoms with E-state index in [-0.39, 0.29) is 6.04 Å². The molecule has 0 fully saturated rings. The van der Waals surface area contributed by atoms with Crippen LogP contribution < -0.4 is 5.73 Å². The molecule has 1 unspecified atom stereocenters. The first-order chi connectivity index (χ1) is 5.25. The fourth-order valence-electron chi connectivity index (χ4n) is 0.790. The van der Waals surface area contributed by atoms with Crippen LogP contribution in [0.5, 0.6) is 0 Å². The van der Waals surface area contributed by atoms with Crippen LogP contribution in [0.15, 0.2) is 11.4 Å². The zero-order valence-corrected chi connectivity index (χ0v) is 7.45. The third-order valence-electron chi connectivity index (χ3n) is 1.32. The number of terminal acetylenes is 1. The van der Waals surface area contributed by atoms with Crippen molar-refractivity contribution in [1.82, 2.24) is 0 Å². The molecule has 1 atom stereocenters. The third-order valence-corrected chi connectivity index (χ3v) is 2.81. The van der Waals surface area contributed by atoms with Crippen LogP contribution in [0, 0.1) is 12.3 Å². The summed E-state index contributed by atoms with van der Waals surface area (Å²) in [5, 5.41) is 2.63. The largest absolute Gasteiger partial charge is 0.322 e. The second kappa shape index (κ2) is 3.77. The SMILES string of the molecule is C#CCC(N)c1sccc1Cl. The summed E-state index contributed by atoms with van der Waals surface area (Å²) in [4.78, 5) is 0.976. The second-order valence-electron chi connectivity index (χ2n) is 2.15. The Morgan fingerprint density at radius 2 is 2.55 bits per heavy atom. The van der Waals surface area contributed by atoms with Crippen molar-refractivity contribution in [2.75, 3.05) is 0 Å². The van der Waals surface area contributed by atoms with Gasteiger partial charge in [0.15, 0.2) is 0 Å². The van der Waals surface area contributed by atoms with Crippen LogP contribution in [0.4, 0.5) is 0 Å². The predicted molar refractivity (Wildman–Crippen MR) is 49.7 cm³/mol. The molecule has 0 aliphatic heterocycles. The summed E-state index contributed by atoms with van der Waals surface area (Å²) in [6, 6.07) is 1.73. The molecule has 1 aromatic rings. The number of hydrogen-bond acceptors (Lipinski definition) is 2. The Morgan fingerprint density at radius 3 is 3.00 bits per heavy atom. The summed E-state index contributed by atoms with van der Waals surface area (Å²) >= 11 is 7.38. The van der Waals surface area contributed by atoms with Crippen molar-refractivity contribution in [2.45, 2.75) is 12.5 Å². The molecule has 1 aromatic heterocycles. The highest BCUT2D eigenvalue weighted by molar-refractivity contribution is 7.10. The smallest absolute Gasteiger partial charge is 0.0561 e. The number of hydrogen-bond donors (Lipinski definition) is 1. The van der Waals surface area contributed by atoms with E-state index in [1.165, 1.54) is 0 Å². The topological polar surface area (TPSA) is 26.0 Å². The van der Waals surface area contributed by atoms with Gasteiger partial charge in [-0.05, 0) is 11.4 Å². The van der Waals surface area contributed by atoms with E-state index in [2.05, 4.69) is 5.92 Å². The monoisotopic (exact) mass is 185 g/mol. The van der Waals surface area contributed by atoms with Crippen LogP contribution in [0.25, 0.3) is 0 Å². The molecular weight excluding hydrogens is 178 g/mol. The molecule has 0 aliphatic carbocycles. The van der Waals surface area contributed by atoms with Gasteiger partial charge in [-0.1, -0.05) is 11.6 Å². The van der Waals surface area contributed by atoms with E-state index in [0.717, 1.165) is 9.90 Å².